The van der Waals surface area contributed by atoms with Crippen LogP contribution in [0.1, 0.15) is 17.5 Å². The van der Waals surface area contributed by atoms with E-state index in [2.05, 4.69) is 26.7 Å². The van der Waals surface area contributed by atoms with E-state index in [9.17, 15) is 8.42 Å². The summed E-state index contributed by atoms with van der Waals surface area (Å²) in [4.78, 5) is 8.78. The Kier molecular flexibility index (Phi) is 6.07. The lowest BCUT2D eigenvalue weighted by atomic mass is 10.1. The Bertz CT molecular complexity index is 1140. The third-order valence-electron chi connectivity index (χ3n) is 4.15. The minimum atomic E-state index is -3.73. The largest absolute Gasteiger partial charge is 0.340 e. The van der Waals surface area contributed by atoms with E-state index in [-0.39, 0.29) is 4.90 Å². The highest BCUT2D eigenvalue weighted by atomic mass is 32.2. The van der Waals surface area contributed by atoms with E-state index >= 15 is 0 Å². The van der Waals surface area contributed by atoms with Crippen LogP contribution in [0.5, 0.6) is 0 Å². The summed E-state index contributed by atoms with van der Waals surface area (Å²) in [7, 11) is -3.73. The van der Waals surface area contributed by atoms with Gasteiger partial charge in [0.15, 0.2) is 0 Å². The molecule has 0 fully saturated rings. The molecule has 0 unspecified atom stereocenters. The van der Waals surface area contributed by atoms with E-state index < -0.39 is 10.0 Å². The lowest BCUT2D eigenvalue weighted by molar-refractivity contribution is 0.598. The second kappa shape index (κ2) is 8.68. The molecule has 0 radical (unpaired) electrons. The van der Waals surface area contributed by atoms with Crippen molar-refractivity contribution in [3.8, 4) is 6.07 Å². The van der Waals surface area contributed by atoms with Crippen LogP contribution in [0.25, 0.3) is 0 Å². The topological polar surface area (TPSA) is 134 Å². The van der Waals surface area contributed by atoms with Crippen molar-refractivity contribution in [1.82, 2.24) is 9.97 Å². The summed E-state index contributed by atoms with van der Waals surface area (Å²) in [5.41, 5.74) is 3.47. The molecule has 148 valence electrons. The van der Waals surface area contributed by atoms with Crippen LogP contribution in [0.3, 0.4) is 0 Å². The van der Waals surface area contributed by atoms with Gasteiger partial charge in [-0.05, 0) is 55.3 Å². The van der Waals surface area contributed by atoms with Gasteiger partial charge >= 0.3 is 0 Å². The molecule has 29 heavy (non-hydrogen) atoms. The van der Waals surface area contributed by atoms with Gasteiger partial charge in [0.25, 0.3) is 0 Å². The van der Waals surface area contributed by atoms with Crippen LogP contribution in [-0.2, 0) is 16.4 Å². The summed E-state index contributed by atoms with van der Waals surface area (Å²) in [6, 6.07) is 16.0. The van der Waals surface area contributed by atoms with Crippen molar-refractivity contribution in [3.05, 3.63) is 65.9 Å². The zero-order valence-corrected chi connectivity index (χ0v) is 16.6. The van der Waals surface area contributed by atoms with Gasteiger partial charge in [-0.3, -0.25) is 0 Å². The Morgan fingerprint density at radius 1 is 1.03 bits per heavy atom. The number of hydrogen-bond acceptors (Lipinski definition) is 7. The molecular formula is C20H20N6O2S. The number of benzene rings is 2. The van der Waals surface area contributed by atoms with E-state index in [0.717, 1.165) is 23.2 Å². The number of sulfonamides is 1. The summed E-state index contributed by atoms with van der Waals surface area (Å²) in [5, 5.41) is 20.1. The minimum absolute atomic E-state index is 0.0356. The SMILES string of the molecule is Cc1cnc(Nc2ccc(S(N)(=O)=O)cc2)nc1Nc1ccc(CCC#N)cc1. The van der Waals surface area contributed by atoms with E-state index in [1.165, 1.54) is 12.1 Å². The molecule has 4 N–H and O–H groups in total. The lowest BCUT2D eigenvalue weighted by Gasteiger charge is -2.11. The van der Waals surface area contributed by atoms with Gasteiger partial charge < -0.3 is 10.6 Å². The number of rotatable bonds is 7. The maximum atomic E-state index is 11.3. The van der Waals surface area contributed by atoms with E-state index in [1.54, 1.807) is 18.3 Å². The molecule has 0 bridgehead atoms. The van der Waals surface area contributed by atoms with Crippen LogP contribution in [0.15, 0.2) is 59.6 Å². The average molecular weight is 408 g/mol. The maximum absolute atomic E-state index is 11.3. The van der Waals surface area contributed by atoms with Crippen molar-refractivity contribution in [3.63, 3.8) is 0 Å². The molecule has 0 saturated heterocycles. The van der Waals surface area contributed by atoms with Gasteiger partial charge in [0.2, 0.25) is 16.0 Å². The van der Waals surface area contributed by atoms with E-state index in [0.29, 0.717) is 23.9 Å². The molecular weight excluding hydrogens is 388 g/mol. The Morgan fingerprint density at radius 3 is 2.28 bits per heavy atom. The fraction of sp³-hybridized carbons (Fsp3) is 0.150. The summed E-state index contributed by atoms with van der Waals surface area (Å²) >= 11 is 0. The van der Waals surface area contributed by atoms with Gasteiger partial charge in [-0.1, -0.05) is 12.1 Å². The van der Waals surface area contributed by atoms with Gasteiger partial charge in [0.05, 0.1) is 11.0 Å². The molecule has 0 spiro atoms. The van der Waals surface area contributed by atoms with Crippen LogP contribution in [-0.4, -0.2) is 18.4 Å². The molecule has 1 heterocycles. The van der Waals surface area contributed by atoms with Gasteiger partial charge in [-0.25, -0.2) is 18.5 Å². The van der Waals surface area contributed by atoms with E-state index in [4.69, 9.17) is 10.4 Å². The molecule has 0 amide bonds. The molecule has 0 saturated carbocycles. The third-order valence-corrected chi connectivity index (χ3v) is 5.08. The van der Waals surface area contributed by atoms with Crippen LogP contribution < -0.4 is 15.8 Å². The smallest absolute Gasteiger partial charge is 0.238 e. The Balaban J connectivity index is 1.73. The molecule has 0 aliphatic heterocycles. The van der Waals surface area contributed by atoms with Crippen LogP contribution >= 0.6 is 0 Å². The molecule has 0 aliphatic rings. The number of primary sulfonamides is 1. The van der Waals surface area contributed by atoms with Crippen molar-refractivity contribution >= 4 is 33.2 Å². The summed E-state index contributed by atoms with van der Waals surface area (Å²) in [5.74, 6) is 1.01. The zero-order chi connectivity index (χ0) is 20.9. The number of nitrogens with one attached hydrogen (secondary N) is 2. The third kappa shape index (κ3) is 5.51. The second-order valence-corrected chi connectivity index (χ2v) is 7.96. The summed E-state index contributed by atoms with van der Waals surface area (Å²) < 4.78 is 22.7. The second-order valence-electron chi connectivity index (χ2n) is 6.40. The monoisotopic (exact) mass is 408 g/mol. The molecule has 3 rings (SSSR count). The average Bonchev–Trinajstić information content (AvgIpc) is 2.70. The molecule has 1 aromatic heterocycles. The number of aryl methyl sites for hydroxylation is 2. The highest BCUT2D eigenvalue weighted by Crippen LogP contribution is 2.22. The van der Waals surface area contributed by atoms with Crippen LogP contribution in [0, 0.1) is 18.3 Å². The van der Waals surface area contributed by atoms with Crippen LogP contribution in [0.4, 0.5) is 23.1 Å². The number of aromatic nitrogens is 2. The minimum Gasteiger partial charge on any atom is -0.340 e. The predicted molar refractivity (Wildman–Crippen MR) is 112 cm³/mol. The molecule has 3 aromatic rings. The van der Waals surface area contributed by atoms with Crippen molar-refractivity contribution in [2.24, 2.45) is 5.14 Å². The van der Waals surface area contributed by atoms with Gasteiger partial charge in [0.1, 0.15) is 5.82 Å². The Hall–Kier alpha value is -3.48. The van der Waals surface area contributed by atoms with Gasteiger partial charge in [-0.15, -0.1) is 0 Å². The predicted octanol–water partition coefficient (Wildman–Crippen LogP) is 3.38. The quantitative estimate of drug-likeness (QED) is 0.545. The zero-order valence-electron chi connectivity index (χ0n) is 15.8. The number of anilines is 4. The highest BCUT2D eigenvalue weighted by molar-refractivity contribution is 7.89. The first-order valence-corrected chi connectivity index (χ1v) is 10.4. The maximum Gasteiger partial charge on any atom is 0.238 e. The van der Waals surface area contributed by atoms with Crippen molar-refractivity contribution in [1.29, 1.82) is 5.26 Å². The first-order chi connectivity index (χ1) is 13.8. The summed E-state index contributed by atoms with van der Waals surface area (Å²) in [6.07, 6.45) is 2.91. The fourth-order valence-electron chi connectivity index (χ4n) is 2.58. The summed E-state index contributed by atoms with van der Waals surface area (Å²) in [6.45, 7) is 1.90. The number of nitrogens with two attached hydrogens (primary N) is 1. The molecule has 8 nitrogen and oxygen atoms in total. The van der Waals surface area contributed by atoms with Crippen molar-refractivity contribution in [2.75, 3.05) is 10.6 Å². The molecule has 0 aliphatic carbocycles. The van der Waals surface area contributed by atoms with Gasteiger partial charge in [-0.2, -0.15) is 10.2 Å². The first kappa shape index (κ1) is 20.3. The van der Waals surface area contributed by atoms with E-state index in [1.807, 2.05) is 31.2 Å². The number of hydrogen-bond donors (Lipinski definition) is 3. The number of nitrogens with zero attached hydrogens (tertiary/aromatic N) is 3. The molecule has 0 atom stereocenters. The molecule has 2 aromatic carbocycles. The van der Waals surface area contributed by atoms with Crippen molar-refractivity contribution in [2.45, 2.75) is 24.7 Å². The Labute approximate surface area is 169 Å². The molecule has 9 heteroatoms. The van der Waals surface area contributed by atoms with Crippen LogP contribution in [0.2, 0.25) is 0 Å². The normalized spacial score (nSPS) is 10.9. The van der Waals surface area contributed by atoms with Crippen molar-refractivity contribution < 1.29 is 8.42 Å². The number of nitriles is 1. The first-order valence-electron chi connectivity index (χ1n) is 8.81. The fourth-order valence-corrected chi connectivity index (χ4v) is 3.09. The Morgan fingerprint density at radius 2 is 1.66 bits per heavy atom. The van der Waals surface area contributed by atoms with Gasteiger partial charge in [0, 0.05) is 29.6 Å². The standard InChI is InChI=1S/C20H20N6O2S/c1-14-13-23-20(25-17-8-10-18(11-9-17)29(22,27)28)26-19(14)24-16-6-4-15(5-7-16)3-2-12-21/h4-11,13H,2-3H2,1H3,(H2,22,27,28)(H2,23,24,25,26). The highest BCUT2D eigenvalue weighted by Gasteiger charge is 2.08. The lowest BCUT2D eigenvalue weighted by Crippen LogP contribution is -2.11.